The van der Waals surface area contributed by atoms with Gasteiger partial charge in [-0.15, -0.1) is 0 Å². The van der Waals surface area contributed by atoms with Crippen LogP contribution >= 0.6 is 0 Å². The van der Waals surface area contributed by atoms with Crippen molar-refractivity contribution in [2.24, 2.45) is 0 Å². The molecule has 0 amide bonds. The van der Waals surface area contributed by atoms with Crippen LogP contribution in [-0.2, 0) is 16.0 Å². The van der Waals surface area contributed by atoms with E-state index in [9.17, 15) is 24.9 Å². The molecule has 0 atom stereocenters. The molecule has 0 saturated carbocycles. The molecule has 3 rings (SSSR count). The summed E-state index contributed by atoms with van der Waals surface area (Å²) in [4.78, 5) is 24.4. The quantitative estimate of drug-likeness (QED) is 0.374. The van der Waals surface area contributed by atoms with E-state index in [0.717, 1.165) is 31.7 Å². The summed E-state index contributed by atoms with van der Waals surface area (Å²) in [5.74, 6) is -0.271. The van der Waals surface area contributed by atoms with Crippen molar-refractivity contribution in [3.05, 3.63) is 52.4 Å². The lowest BCUT2D eigenvalue weighted by atomic mass is 9.98. The van der Waals surface area contributed by atoms with E-state index in [1.54, 1.807) is 12.1 Å². The van der Waals surface area contributed by atoms with Gasteiger partial charge in [0.2, 0.25) is 5.43 Å². The first-order valence-corrected chi connectivity index (χ1v) is 9.78. The van der Waals surface area contributed by atoms with E-state index in [0.29, 0.717) is 29.7 Å². The van der Waals surface area contributed by atoms with Crippen LogP contribution in [0.5, 0.6) is 17.2 Å². The Kier molecular flexibility index (Phi) is 6.61. The molecular formula is C23H24O7. The van der Waals surface area contributed by atoms with E-state index in [1.807, 2.05) is 0 Å². The lowest BCUT2D eigenvalue weighted by Gasteiger charge is -2.12. The molecular weight excluding hydrogens is 388 g/mol. The van der Waals surface area contributed by atoms with Gasteiger partial charge in [-0.1, -0.05) is 25.0 Å². The van der Waals surface area contributed by atoms with Gasteiger partial charge in [0.05, 0.1) is 12.7 Å². The number of carbonyl (C=O) groups excluding carboxylic acids is 1. The van der Waals surface area contributed by atoms with Crippen LogP contribution in [0.3, 0.4) is 0 Å². The van der Waals surface area contributed by atoms with E-state index in [2.05, 4.69) is 4.74 Å². The number of hydrogen-bond donors (Lipinski definition) is 3. The lowest BCUT2D eigenvalue weighted by Crippen LogP contribution is -2.09. The molecule has 0 aliphatic carbocycles. The van der Waals surface area contributed by atoms with Gasteiger partial charge in [-0.2, -0.15) is 0 Å². The Morgan fingerprint density at radius 3 is 2.37 bits per heavy atom. The Hall–Kier alpha value is -3.48. The second-order valence-corrected chi connectivity index (χ2v) is 7.10. The van der Waals surface area contributed by atoms with Crippen molar-refractivity contribution in [2.75, 3.05) is 7.11 Å². The van der Waals surface area contributed by atoms with Gasteiger partial charge < -0.3 is 24.5 Å². The molecule has 30 heavy (non-hydrogen) atoms. The Labute approximate surface area is 173 Å². The molecule has 3 N–H and O–H groups in total. The number of aryl methyl sites for hydroxylation is 1. The van der Waals surface area contributed by atoms with Crippen LogP contribution in [0, 0.1) is 0 Å². The summed E-state index contributed by atoms with van der Waals surface area (Å²) in [6.07, 6.45) is 3.96. The van der Waals surface area contributed by atoms with E-state index in [1.165, 1.54) is 25.3 Å². The van der Waals surface area contributed by atoms with Crippen LogP contribution in [0.25, 0.3) is 22.1 Å². The van der Waals surface area contributed by atoms with Crippen LogP contribution in [0.1, 0.15) is 37.9 Å². The first-order valence-electron chi connectivity index (χ1n) is 9.78. The molecule has 0 aliphatic heterocycles. The summed E-state index contributed by atoms with van der Waals surface area (Å²) in [6, 6.07) is 8.59. The number of phenols is 3. The number of rotatable bonds is 8. The first-order chi connectivity index (χ1) is 14.4. The second-order valence-electron chi connectivity index (χ2n) is 7.10. The monoisotopic (exact) mass is 412 g/mol. The van der Waals surface area contributed by atoms with Crippen molar-refractivity contribution < 1.29 is 29.3 Å². The fourth-order valence-electron chi connectivity index (χ4n) is 3.44. The highest BCUT2D eigenvalue weighted by molar-refractivity contribution is 5.88. The number of hydrogen-bond acceptors (Lipinski definition) is 7. The summed E-state index contributed by atoms with van der Waals surface area (Å²) >= 11 is 0. The standard InChI is InChI=1S/C23H24O7/c1-29-20(27)7-5-3-2-4-6-18-21(14-8-10-15(24)11-9-14)23(28)22-17(26)12-16(25)13-19(22)30-18/h8-13,24-26H,2-7H2,1H3. The second kappa shape index (κ2) is 9.35. The van der Waals surface area contributed by atoms with E-state index in [-0.39, 0.29) is 34.2 Å². The lowest BCUT2D eigenvalue weighted by molar-refractivity contribution is -0.140. The SMILES string of the molecule is COC(=O)CCCCCCc1oc2cc(O)cc(O)c2c(=O)c1-c1ccc(O)cc1. The average molecular weight is 412 g/mol. The molecule has 0 aliphatic rings. The van der Waals surface area contributed by atoms with E-state index in [4.69, 9.17) is 4.42 Å². The van der Waals surface area contributed by atoms with Crippen molar-refractivity contribution in [2.45, 2.75) is 38.5 Å². The summed E-state index contributed by atoms with van der Waals surface area (Å²) in [7, 11) is 1.37. The molecule has 0 saturated heterocycles. The van der Waals surface area contributed by atoms with Gasteiger partial charge in [-0.05, 0) is 30.5 Å². The third-order valence-corrected chi connectivity index (χ3v) is 4.95. The first kappa shape index (κ1) is 21.2. The minimum absolute atomic E-state index is 0.00213. The van der Waals surface area contributed by atoms with Gasteiger partial charge in [-0.3, -0.25) is 9.59 Å². The van der Waals surface area contributed by atoms with Crippen LogP contribution < -0.4 is 5.43 Å². The molecule has 158 valence electrons. The highest BCUT2D eigenvalue weighted by Crippen LogP contribution is 2.33. The molecule has 1 heterocycles. The number of carbonyl (C=O) groups is 1. The van der Waals surface area contributed by atoms with Crippen LogP contribution in [0.2, 0.25) is 0 Å². The van der Waals surface area contributed by atoms with E-state index >= 15 is 0 Å². The fraction of sp³-hybridized carbons (Fsp3) is 0.304. The Morgan fingerprint density at radius 1 is 0.967 bits per heavy atom. The molecule has 0 fully saturated rings. The Balaban J connectivity index is 1.91. The zero-order valence-corrected chi connectivity index (χ0v) is 16.7. The maximum absolute atomic E-state index is 13.2. The van der Waals surface area contributed by atoms with Crippen LogP contribution in [-0.4, -0.2) is 28.4 Å². The number of benzene rings is 2. The number of ether oxygens (including phenoxy) is 1. The number of fused-ring (bicyclic) bond motifs is 1. The normalized spacial score (nSPS) is 11.0. The average Bonchev–Trinajstić information content (AvgIpc) is 2.70. The third kappa shape index (κ3) is 4.74. The summed E-state index contributed by atoms with van der Waals surface area (Å²) in [6.45, 7) is 0. The van der Waals surface area contributed by atoms with Crippen molar-refractivity contribution in [1.29, 1.82) is 0 Å². The topological polar surface area (TPSA) is 117 Å². The highest BCUT2D eigenvalue weighted by atomic mass is 16.5. The van der Waals surface area contributed by atoms with Gasteiger partial charge >= 0.3 is 5.97 Å². The van der Waals surface area contributed by atoms with Crippen molar-refractivity contribution in [3.63, 3.8) is 0 Å². The molecule has 7 heteroatoms. The number of esters is 1. The maximum Gasteiger partial charge on any atom is 0.305 e. The molecule has 0 spiro atoms. The predicted molar refractivity (Wildman–Crippen MR) is 112 cm³/mol. The molecule has 2 aromatic carbocycles. The number of aromatic hydroxyl groups is 3. The molecule has 1 aromatic heterocycles. The molecule has 3 aromatic rings. The largest absolute Gasteiger partial charge is 0.508 e. The summed E-state index contributed by atoms with van der Waals surface area (Å²) in [5, 5.41) is 29.5. The molecule has 7 nitrogen and oxygen atoms in total. The van der Waals surface area contributed by atoms with Crippen molar-refractivity contribution in [3.8, 4) is 28.4 Å². The van der Waals surface area contributed by atoms with Crippen molar-refractivity contribution in [1.82, 2.24) is 0 Å². The van der Waals surface area contributed by atoms with Crippen molar-refractivity contribution >= 4 is 16.9 Å². The molecule has 0 unspecified atom stereocenters. The maximum atomic E-state index is 13.2. The van der Waals surface area contributed by atoms with Gasteiger partial charge in [-0.25, -0.2) is 0 Å². The predicted octanol–water partition coefficient (Wildman–Crippen LogP) is 4.24. The van der Waals surface area contributed by atoms with Gasteiger partial charge in [0.1, 0.15) is 34.0 Å². The van der Waals surface area contributed by atoms with Gasteiger partial charge in [0, 0.05) is 25.0 Å². The van der Waals surface area contributed by atoms with Crippen LogP contribution in [0.15, 0.2) is 45.6 Å². The number of phenolic OH excluding ortho intramolecular Hbond substituents is 3. The Morgan fingerprint density at radius 2 is 1.67 bits per heavy atom. The minimum Gasteiger partial charge on any atom is -0.508 e. The molecule has 0 bridgehead atoms. The third-order valence-electron chi connectivity index (χ3n) is 4.95. The number of unbranched alkanes of at least 4 members (excludes halogenated alkanes) is 3. The highest BCUT2D eigenvalue weighted by Gasteiger charge is 2.19. The molecule has 0 radical (unpaired) electrons. The smallest absolute Gasteiger partial charge is 0.305 e. The van der Waals surface area contributed by atoms with Gasteiger partial charge in [0.25, 0.3) is 0 Å². The summed E-state index contributed by atoms with van der Waals surface area (Å²) < 4.78 is 10.6. The zero-order chi connectivity index (χ0) is 21.7. The zero-order valence-electron chi connectivity index (χ0n) is 16.7. The number of methoxy groups -OCH3 is 1. The van der Waals surface area contributed by atoms with E-state index < -0.39 is 5.43 Å². The summed E-state index contributed by atoms with van der Waals surface area (Å²) in [5.41, 5.74) is 0.593. The van der Waals surface area contributed by atoms with Crippen LogP contribution in [0.4, 0.5) is 0 Å². The fourth-order valence-corrected chi connectivity index (χ4v) is 3.44. The Bertz CT molecular complexity index is 1100. The minimum atomic E-state index is -0.403. The van der Waals surface area contributed by atoms with Gasteiger partial charge in [0.15, 0.2) is 0 Å².